The molecule has 136 valence electrons. The van der Waals surface area contributed by atoms with Crippen LogP contribution in [0.5, 0.6) is 0 Å². The van der Waals surface area contributed by atoms with Gasteiger partial charge in [0.2, 0.25) is 0 Å². The molecule has 1 saturated carbocycles. The van der Waals surface area contributed by atoms with Gasteiger partial charge < -0.3 is 20.4 Å². The summed E-state index contributed by atoms with van der Waals surface area (Å²) < 4.78 is 0. The fraction of sp³-hybridized carbons (Fsp3) is 0.381. The first-order chi connectivity index (χ1) is 12.6. The Hall–Kier alpha value is -2.37. The van der Waals surface area contributed by atoms with Gasteiger partial charge in [-0.1, -0.05) is 48.5 Å². The maximum absolute atomic E-state index is 12.7. The number of nitrogens with one attached hydrogen (secondary N) is 1. The smallest absolute Gasteiger partial charge is 0.321 e. The first kappa shape index (κ1) is 17.1. The number of para-hydroxylation sites is 1. The topological polar surface area (TPSA) is 72.8 Å². The summed E-state index contributed by atoms with van der Waals surface area (Å²) in [6.45, 7) is 1.10. The first-order valence-corrected chi connectivity index (χ1v) is 9.17. The van der Waals surface area contributed by atoms with E-state index in [0.29, 0.717) is 32.4 Å². The highest BCUT2D eigenvalue weighted by molar-refractivity contribution is 5.94. The molecule has 2 aromatic rings. The van der Waals surface area contributed by atoms with Crippen molar-refractivity contribution in [2.24, 2.45) is 5.41 Å². The average Bonchev–Trinajstić information content (AvgIpc) is 2.69. The highest BCUT2D eigenvalue weighted by Crippen LogP contribution is 2.49. The number of aliphatic hydroxyl groups is 2. The van der Waals surface area contributed by atoms with E-state index in [4.69, 9.17) is 0 Å². The van der Waals surface area contributed by atoms with E-state index in [9.17, 15) is 15.0 Å². The van der Waals surface area contributed by atoms with Crippen molar-refractivity contribution < 1.29 is 15.0 Å². The van der Waals surface area contributed by atoms with Crippen LogP contribution in [0.1, 0.15) is 19.3 Å². The summed E-state index contributed by atoms with van der Waals surface area (Å²) in [5.74, 6) is 0. The van der Waals surface area contributed by atoms with E-state index in [2.05, 4.69) is 5.32 Å². The third-order valence-corrected chi connectivity index (χ3v) is 6.01. The van der Waals surface area contributed by atoms with Crippen molar-refractivity contribution in [3.8, 4) is 11.1 Å². The highest BCUT2D eigenvalue weighted by Gasteiger charge is 2.55. The summed E-state index contributed by atoms with van der Waals surface area (Å²) in [4.78, 5) is 14.5. The predicted octanol–water partition coefficient (Wildman–Crippen LogP) is 3.09. The van der Waals surface area contributed by atoms with E-state index in [0.717, 1.165) is 16.8 Å². The molecule has 2 aromatic carbocycles. The zero-order chi connectivity index (χ0) is 18.1. The lowest BCUT2D eigenvalue weighted by Crippen LogP contribution is -2.62. The van der Waals surface area contributed by atoms with Crippen LogP contribution in [-0.2, 0) is 0 Å². The number of benzene rings is 2. The Morgan fingerprint density at radius 1 is 0.962 bits per heavy atom. The number of hydrogen-bond acceptors (Lipinski definition) is 3. The number of carbonyl (C=O) groups is 1. The lowest BCUT2D eigenvalue weighted by Gasteiger charge is -2.54. The van der Waals surface area contributed by atoms with Gasteiger partial charge in [-0.15, -0.1) is 0 Å². The van der Waals surface area contributed by atoms with Crippen LogP contribution in [0.2, 0.25) is 0 Å². The molecule has 1 saturated heterocycles. The molecule has 5 heteroatoms. The summed E-state index contributed by atoms with van der Waals surface area (Å²) in [6.07, 6.45) is 0.853. The quantitative estimate of drug-likeness (QED) is 0.778. The van der Waals surface area contributed by atoms with Crippen molar-refractivity contribution in [3.05, 3.63) is 54.6 Å². The summed E-state index contributed by atoms with van der Waals surface area (Å²) in [7, 11) is 0. The predicted molar refractivity (Wildman–Crippen MR) is 101 cm³/mol. The summed E-state index contributed by atoms with van der Waals surface area (Å²) in [6, 6.07) is 17.6. The van der Waals surface area contributed by atoms with E-state index in [1.54, 1.807) is 4.90 Å². The minimum absolute atomic E-state index is 0.133. The van der Waals surface area contributed by atoms with Crippen molar-refractivity contribution >= 4 is 11.7 Å². The second kappa shape index (κ2) is 6.74. The number of hydrogen-bond donors (Lipinski definition) is 3. The number of rotatable bonds is 2. The molecule has 2 amide bonds. The molecular weight excluding hydrogens is 328 g/mol. The molecule has 3 N–H and O–H groups in total. The van der Waals surface area contributed by atoms with Crippen LogP contribution < -0.4 is 5.32 Å². The molecule has 1 heterocycles. The van der Waals surface area contributed by atoms with E-state index >= 15 is 0 Å². The standard InChI is InChI=1S/C21H24N2O3/c24-18-14-19(25)21(18)10-12-23(13-11-21)20(26)22-17-9-5-4-8-16(17)15-6-2-1-3-7-15/h1-9,18-19,24-25H,10-14H2,(H,22,26). The second-order valence-corrected chi connectivity index (χ2v) is 7.33. The number of anilines is 1. The zero-order valence-corrected chi connectivity index (χ0v) is 14.6. The zero-order valence-electron chi connectivity index (χ0n) is 14.6. The van der Waals surface area contributed by atoms with Gasteiger partial charge in [0.1, 0.15) is 0 Å². The van der Waals surface area contributed by atoms with Gasteiger partial charge in [0, 0.05) is 30.5 Å². The molecule has 2 fully saturated rings. The Morgan fingerprint density at radius 3 is 2.23 bits per heavy atom. The number of piperidine rings is 1. The Balaban J connectivity index is 1.45. The third-order valence-electron chi connectivity index (χ3n) is 6.01. The normalized spacial score (nSPS) is 24.2. The molecule has 2 atom stereocenters. The Kier molecular flexibility index (Phi) is 4.42. The lowest BCUT2D eigenvalue weighted by atomic mass is 9.58. The number of nitrogens with zero attached hydrogens (tertiary/aromatic N) is 1. The Morgan fingerprint density at radius 2 is 1.58 bits per heavy atom. The molecule has 26 heavy (non-hydrogen) atoms. The minimum atomic E-state index is -0.443. The van der Waals surface area contributed by atoms with Crippen molar-refractivity contribution in [1.82, 2.24) is 4.90 Å². The fourth-order valence-corrected chi connectivity index (χ4v) is 4.19. The number of amides is 2. The molecule has 2 unspecified atom stereocenters. The van der Waals surface area contributed by atoms with E-state index in [-0.39, 0.29) is 6.03 Å². The van der Waals surface area contributed by atoms with Crippen molar-refractivity contribution in [3.63, 3.8) is 0 Å². The molecular formula is C21H24N2O3. The summed E-state index contributed by atoms with van der Waals surface area (Å²) >= 11 is 0. The second-order valence-electron chi connectivity index (χ2n) is 7.33. The van der Waals surface area contributed by atoms with Crippen LogP contribution >= 0.6 is 0 Å². The molecule has 0 aromatic heterocycles. The summed E-state index contributed by atoms with van der Waals surface area (Å²) in [5, 5.41) is 23.1. The molecule has 0 bridgehead atoms. The van der Waals surface area contributed by atoms with Crippen LogP contribution in [0.4, 0.5) is 10.5 Å². The monoisotopic (exact) mass is 352 g/mol. The van der Waals surface area contributed by atoms with Gasteiger partial charge in [0.05, 0.1) is 17.9 Å². The maximum atomic E-state index is 12.7. The average molecular weight is 352 g/mol. The van der Waals surface area contributed by atoms with E-state index in [1.165, 1.54) is 0 Å². The van der Waals surface area contributed by atoms with Crippen LogP contribution in [0.3, 0.4) is 0 Å². The molecule has 1 spiro atoms. The minimum Gasteiger partial charge on any atom is -0.392 e. The van der Waals surface area contributed by atoms with Crippen LogP contribution in [0.25, 0.3) is 11.1 Å². The molecule has 1 aliphatic heterocycles. The number of urea groups is 1. The largest absolute Gasteiger partial charge is 0.392 e. The van der Waals surface area contributed by atoms with Crippen LogP contribution in [0, 0.1) is 5.41 Å². The lowest BCUT2D eigenvalue weighted by molar-refractivity contribution is -0.186. The molecule has 0 radical (unpaired) electrons. The van der Waals surface area contributed by atoms with Crippen LogP contribution in [0.15, 0.2) is 54.6 Å². The van der Waals surface area contributed by atoms with Gasteiger partial charge >= 0.3 is 6.03 Å². The van der Waals surface area contributed by atoms with Gasteiger partial charge in [-0.3, -0.25) is 0 Å². The Labute approximate surface area is 153 Å². The highest BCUT2D eigenvalue weighted by atomic mass is 16.3. The Bertz CT molecular complexity index is 775. The van der Waals surface area contributed by atoms with Crippen molar-refractivity contribution in [2.45, 2.75) is 31.5 Å². The number of aliphatic hydroxyl groups excluding tert-OH is 2. The molecule has 5 nitrogen and oxygen atoms in total. The SMILES string of the molecule is O=C(Nc1ccccc1-c1ccccc1)N1CCC2(CC1)C(O)CC2O. The molecule has 2 aliphatic rings. The number of carbonyl (C=O) groups excluding carboxylic acids is 1. The fourth-order valence-electron chi connectivity index (χ4n) is 4.19. The van der Waals surface area contributed by atoms with Crippen LogP contribution in [-0.4, -0.2) is 46.4 Å². The first-order valence-electron chi connectivity index (χ1n) is 9.17. The summed E-state index contributed by atoms with van der Waals surface area (Å²) in [5.41, 5.74) is 2.42. The number of likely N-dealkylation sites (tertiary alicyclic amines) is 1. The van der Waals surface area contributed by atoms with Gasteiger partial charge in [0.15, 0.2) is 0 Å². The van der Waals surface area contributed by atoms with Crippen molar-refractivity contribution in [2.75, 3.05) is 18.4 Å². The van der Waals surface area contributed by atoms with E-state index in [1.807, 2.05) is 54.6 Å². The molecule has 1 aliphatic carbocycles. The van der Waals surface area contributed by atoms with Gasteiger partial charge in [-0.2, -0.15) is 0 Å². The van der Waals surface area contributed by atoms with Crippen molar-refractivity contribution in [1.29, 1.82) is 0 Å². The van der Waals surface area contributed by atoms with Gasteiger partial charge in [0.25, 0.3) is 0 Å². The third kappa shape index (κ3) is 2.87. The van der Waals surface area contributed by atoms with Gasteiger partial charge in [-0.25, -0.2) is 4.79 Å². The van der Waals surface area contributed by atoms with Gasteiger partial charge in [-0.05, 0) is 24.5 Å². The molecule has 4 rings (SSSR count). The van der Waals surface area contributed by atoms with E-state index < -0.39 is 17.6 Å². The maximum Gasteiger partial charge on any atom is 0.321 e.